The molecule has 0 saturated heterocycles. The van der Waals surface area contributed by atoms with E-state index in [1.807, 2.05) is 32.0 Å². The van der Waals surface area contributed by atoms with Crippen molar-refractivity contribution in [2.45, 2.75) is 66.2 Å². The van der Waals surface area contributed by atoms with E-state index in [0.717, 1.165) is 29.7 Å². The molecule has 1 aromatic rings. The van der Waals surface area contributed by atoms with E-state index in [4.69, 9.17) is 0 Å². The smallest absolute Gasteiger partial charge is 0.232 e. The molecule has 0 radical (unpaired) electrons. The van der Waals surface area contributed by atoms with Gasteiger partial charge in [0.2, 0.25) is 15.9 Å². The largest absolute Gasteiger partial charge is 0.356 e. The van der Waals surface area contributed by atoms with Gasteiger partial charge in [-0.05, 0) is 43.7 Å². The Kier molecular flexibility index (Phi) is 9.84. The van der Waals surface area contributed by atoms with Crippen molar-refractivity contribution in [1.82, 2.24) is 5.32 Å². The van der Waals surface area contributed by atoms with Gasteiger partial charge < -0.3 is 5.32 Å². The van der Waals surface area contributed by atoms with Gasteiger partial charge in [-0.2, -0.15) is 0 Å². The van der Waals surface area contributed by atoms with Gasteiger partial charge in [-0.25, -0.2) is 8.42 Å². The van der Waals surface area contributed by atoms with Crippen LogP contribution in [-0.2, 0) is 14.8 Å². The number of benzene rings is 1. The summed E-state index contributed by atoms with van der Waals surface area (Å²) in [4.78, 5) is 12.2. The third kappa shape index (κ3) is 7.91. The lowest BCUT2D eigenvalue weighted by Crippen LogP contribution is -2.34. The number of hydrogen-bond acceptors (Lipinski definition) is 3. The molecule has 1 aromatic carbocycles. The van der Waals surface area contributed by atoms with Gasteiger partial charge in [-0.1, -0.05) is 51.3 Å². The summed E-state index contributed by atoms with van der Waals surface area (Å²) < 4.78 is 26.0. The number of amides is 1. The van der Waals surface area contributed by atoms with E-state index in [0.29, 0.717) is 31.8 Å². The van der Waals surface area contributed by atoms with E-state index in [1.165, 1.54) is 23.4 Å². The number of nitrogens with one attached hydrogen (secondary N) is 1. The number of rotatable bonds is 12. The summed E-state index contributed by atoms with van der Waals surface area (Å²) in [6.07, 6.45) is 6.62. The van der Waals surface area contributed by atoms with Gasteiger partial charge in [0.05, 0.1) is 11.9 Å². The summed E-state index contributed by atoms with van der Waals surface area (Å²) >= 11 is 0. The van der Waals surface area contributed by atoms with Crippen molar-refractivity contribution in [2.24, 2.45) is 5.92 Å². The maximum atomic E-state index is 12.3. The van der Waals surface area contributed by atoms with Crippen molar-refractivity contribution in [2.75, 3.05) is 23.7 Å². The first-order valence-electron chi connectivity index (χ1n) is 10.0. The predicted molar refractivity (Wildman–Crippen MR) is 114 cm³/mol. The Bertz CT molecular complexity index is 681. The molecule has 0 aromatic heterocycles. The summed E-state index contributed by atoms with van der Waals surface area (Å²) in [6, 6.07) is 5.74. The van der Waals surface area contributed by atoms with Crippen LogP contribution < -0.4 is 9.62 Å². The molecular formula is C21H36N2O3S. The number of sulfonamides is 1. The highest BCUT2D eigenvalue weighted by molar-refractivity contribution is 7.92. The van der Waals surface area contributed by atoms with Gasteiger partial charge >= 0.3 is 0 Å². The average molecular weight is 397 g/mol. The van der Waals surface area contributed by atoms with Crippen LogP contribution in [0.4, 0.5) is 5.69 Å². The third-order valence-corrected chi connectivity index (χ3v) is 6.15. The van der Waals surface area contributed by atoms with Crippen molar-refractivity contribution in [3.63, 3.8) is 0 Å². The average Bonchev–Trinajstić information content (AvgIpc) is 2.59. The minimum Gasteiger partial charge on any atom is -0.356 e. The summed E-state index contributed by atoms with van der Waals surface area (Å²) in [5, 5.41) is 3.01. The molecule has 0 saturated carbocycles. The first-order chi connectivity index (χ1) is 12.7. The number of nitrogens with zero attached hydrogens (tertiary/aromatic N) is 1. The number of para-hydroxylation sites is 1. The molecule has 0 spiro atoms. The van der Waals surface area contributed by atoms with E-state index in [1.54, 1.807) is 0 Å². The van der Waals surface area contributed by atoms with E-state index >= 15 is 0 Å². The molecule has 0 unspecified atom stereocenters. The summed E-state index contributed by atoms with van der Waals surface area (Å²) in [5.41, 5.74) is 2.57. The van der Waals surface area contributed by atoms with E-state index in [2.05, 4.69) is 19.2 Å². The lowest BCUT2D eigenvalue weighted by atomic mass is 9.99. The van der Waals surface area contributed by atoms with E-state index < -0.39 is 10.0 Å². The van der Waals surface area contributed by atoms with E-state index in [-0.39, 0.29) is 5.91 Å². The molecular weight excluding hydrogens is 360 g/mol. The van der Waals surface area contributed by atoms with Crippen LogP contribution in [0.5, 0.6) is 0 Å². The van der Waals surface area contributed by atoms with Gasteiger partial charge in [-0.3, -0.25) is 9.10 Å². The van der Waals surface area contributed by atoms with Crippen LogP contribution in [-0.4, -0.2) is 33.7 Å². The van der Waals surface area contributed by atoms with Crippen LogP contribution in [0, 0.1) is 19.8 Å². The second-order valence-electron chi connectivity index (χ2n) is 7.40. The fourth-order valence-corrected chi connectivity index (χ4v) is 4.40. The predicted octanol–water partition coefficient (Wildman–Crippen LogP) is 4.18. The quantitative estimate of drug-likeness (QED) is 0.576. The van der Waals surface area contributed by atoms with Crippen molar-refractivity contribution in [3.05, 3.63) is 29.3 Å². The van der Waals surface area contributed by atoms with Crippen molar-refractivity contribution >= 4 is 21.6 Å². The molecule has 0 bridgehead atoms. The molecule has 0 heterocycles. The van der Waals surface area contributed by atoms with Crippen LogP contribution in [0.1, 0.15) is 63.5 Å². The number of hydrogen-bond donors (Lipinski definition) is 1. The molecule has 0 aliphatic carbocycles. The number of aryl methyl sites for hydroxylation is 2. The van der Waals surface area contributed by atoms with Gasteiger partial charge in [0.1, 0.15) is 0 Å². The molecule has 1 amide bonds. The summed E-state index contributed by atoms with van der Waals surface area (Å²) in [5.74, 6) is 0.524. The molecule has 0 fully saturated rings. The zero-order valence-corrected chi connectivity index (χ0v) is 18.4. The summed E-state index contributed by atoms with van der Waals surface area (Å²) in [6.45, 7) is 9.17. The summed E-state index contributed by atoms with van der Waals surface area (Å²) in [7, 11) is -3.40. The molecule has 5 nitrogen and oxygen atoms in total. The third-order valence-electron chi connectivity index (χ3n) is 4.99. The van der Waals surface area contributed by atoms with Crippen LogP contribution in [0.2, 0.25) is 0 Å². The van der Waals surface area contributed by atoms with E-state index in [9.17, 15) is 13.2 Å². The minimum atomic E-state index is -3.40. The highest BCUT2D eigenvalue weighted by atomic mass is 32.2. The van der Waals surface area contributed by atoms with Crippen LogP contribution in [0.25, 0.3) is 0 Å². The van der Waals surface area contributed by atoms with Gasteiger partial charge in [-0.15, -0.1) is 0 Å². The molecule has 1 atom stereocenters. The Morgan fingerprint density at radius 1 is 1.15 bits per heavy atom. The molecule has 154 valence electrons. The van der Waals surface area contributed by atoms with Crippen LogP contribution in [0.3, 0.4) is 0 Å². The normalized spacial score (nSPS) is 12.6. The maximum absolute atomic E-state index is 12.3. The van der Waals surface area contributed by atoms with Crippen molar-refractivity contribution in [3.8, 4) is 0 Å². The number of anilines is 1. The Morgan fingerprint density at radius 2 is 1.78 bits per heavy atom. The minimum absolute atomic E-state index is 0.0000879. The topological polar surface area (TPSA) is 66.5 Å². The molecule has 1 N–H and O–H groups in total. The second-order valence-corrected chi connectivity index (χ2v) is 9.31. The molecule has 27 heavy (non-hydrogen) atoms. The first-order valence-corrected chi connectivity index (χ1v) is 11.9. The lowest BCUT2D eigenvalue weighted by molar-refractivity contribution is -0.121. The SMILES string of the molecule is CCCC[C@@H](CC)CNC(=O)CCCN(c1c(C)cccc1C)S(C)(=O)=O. The highest BCUT2D eigenvalue weighted by Gasteiger charge is 2.21. The maximum Gasteiger partial charge on any atom is 0.232 e. The fraction of sp³-hybridized carbons (Fsp3) is 0.667. The number of carbonyl (C=O) groups excluding carboxylic acids is 1. The van der Waals surface area contributed by atoms with Crippen molar-refractivity contribution in [1.29, 1.82) is 0 Å². The molecule has 0 aliphatic rings. The monoisotopic (exact) mass is 396 g/mol. The van der Waals surface area contributed by atoms with Crippen molar-refractivity contribution < 1.29 is 13.2 Å². The van der Waals surface area contributed by atoms with Gasteiger partial charge in [0.25, 0.3) is 0 Å². The zero-order valence-electron chi connectivity index (χ0n) is 17.5. The van der Waals surface area contributed by atoms with Crippen LogP contribution >= 0.6 is 0 Å². The standard InChI is InChI=1S/C21H36N2O3S/c1-6-8-13-19(7-2)16-22-20(24)14-10-15-23(27(5,25)26)21-17(3)11-9-12-18(21)4/h9,11-12,19H,6-8,10,13-16H2,1-5H3,(H,22,24)/t19-/m1/s1. The zero-order chi connectivity index (χ0) is 20.4. The molecule has 1 rings (SSSR count). The molecule has 0 aliphatic heterocycles. The highest BCUT2D eigenvalue weighted by Crippen LogP contribution is 2.27. The molecule has 6 heteroatoms. The Morgan fingerprint density at radius 3 is 2.30 bits per heavy atom. The Hall–Kier alpha value is -1.56. The number of carbonyl (C=O) groups is 1. The lowest BCUT2D eigenvalue weighted by Gasteiger charge is -2.26. The van der Waals surface area contributed by atoms with Crippen LogP contribution in [0.15, 0.2) is 18.2 Å². The van der Waals surface area contributed by atoms with Gasteiger partial charge in [0, 0.05) is 19.5 Å². The fourth-order valence-electron chi connectivity index (χ4n) is 3.32. The number of unbranched alkanes of at least 4 members (excludes halogenated alkanes) is 1. The first kappa shape index (κ1) is 23.5. The second kappa shape index (κ2) is 11.3. The van der Waals surface area contributed by atoms with Gasteiger partial charge in [0.15, 0.2) is 0 Å². The Labute approximate surface area is 165 Å². The Balaban J connectivity index is 2.62.